The summed E-state index contributed by atoms with van der Waals surface area (Å²) in [6.45, 7) is 0.502. The minimum atomic E-state index is -0.398. The Hall–Kier alpha value is -1.47. The van der Waals surface area contributed by atoms with Crippen LogP contribution in [-0.2, 0) is 0 Å². The number of aromatic nitrogens is 2. The van der Waals surface area contributed by atoms with Crippen molar-refractivity contribution >= 4 is 5.91 Å². The van der Waals surface area contributed by atoms with Gasteiger partial charge in [-0.2, -0.15) is 4.98 Å². The molecule has 1 fully saturated rings. The molecule has 0 saturated carbocycles. The van der Waals surface area contributed by atoms with Crippen LogP contribution in [0.5, 0.6) is 0 Å². The first-order valence-electron chi connectivity index (χ1n) is 4.68. The van der Waals surface area contributed by atoms with Crippen molar-refractivity contribution in [2.45, 2.75) is 18.6 Å². The van der Waals surface area contributed by atoms with E-state index >= 15 is 0 Å². The van der Waals surface area contributed by atoms with Gasteiger partial charge in [0.25, 0.3) is 11.7 Å². The standard InChI is InChI=1S/C8H12N4O3/c1-9-7(14)6-11-8(15-12-6)5-2-4(13)3-10-5/h4-5,10,13H,2-3H2,1H3,(H,9,14). The number of rotatable bonds is 2. The van der Waals surface area contributed by atoms with Crippen LogP contribution < -0.4 is 10.6 Å². The number of carbonyl (C=O) groups excluding carboxylic acids is 1. The van der Waals surface area contributed by atoms with E-state index in [1.165, 1.54) is 7.05 Å². The predicted molar refractivity (Wildman–Crippen MR) is 49.1 cm³/mol. The highest BCUT2D eigenvalue weighted by Gasteiger charge is 2.28. The molecule has 15 heavy (non-hydrogen) atoms. The lowest BCUT2D eigenvalue weighted by Crippen LogP contribution is -2.19. The summed E-state index contributed by atoms with van der Waals surface area (Å²) < 4.78 is 4.92. The Labute approximate surface area is 85.9 Å². The molecule has 0 aliphatic carbocycles. The van der Waals surface area contributed by atoms with Crippen LogP contribution in [0.2, 0.25) is 0 Å². The highest BCUT2D eigenvalue weighted by Crippen LogP contribution is 2.21. The molecule has 1 aromatic rings. The Morgan fingerprint density at radius 2 is 2.53 bits per heavy atom. The van der Waals surface area contributed by atoms with E-state index in [1.54, 1.807) is 0 Å². The van der Waals surface area contributed by atoms with E-state index in [0.717, 1.165) is 0 Å². The average molecular weight is 212 g/mol. The van der Waals surface area contributed by atoms with Gasteiger partial charge in [0.2, 0.25) is 5.89 Å². The molecule has 0 aromatic carbocycles. The lowest BCUT2D eigenvalue weighted by atomic mass is 10.2. The second kappa shape index (κ2) is 3.95. The summed E-state index contributed by atoms with van der Waals surface area (Å²) in [5, 5.41) is 18.2. The minimum absolute atomic E-state index is 0.00990. The SMILES string of the molecule is CNC(=O)c1noc(C2CC(O)CN2)n1. The van der Waals surface area contributed by atoms with E-state index in [0.29, 0.717) is 18.9 Å². The fraction of sp³-hybridized carbons (Fsp3) is 0.625. The molecule has 1 aromatic heterocycles. The van der Waals surface area contributed by atoms with Crippen LogP contribution in [0.25, 0.3) is 0 Å². The van der Waals surface area contributed by atoms with Crippen molar-refractivity contribution in [3.8, 4) is 0 Å². The molecule has 0 radical (unpaired) electrons. The Morgan fingerprint density at radius 1 is 1.73 bits per heavy atom. The molecule has 0 spiro atoms. The van der Waals surface area contributed by atoms with Crippen molar-refractivity contribution in [3.63, 3.8) is 0 Å². The number of amides is 1. The first kappa shape index (κ1) is 10.1. The summed E-state index contributed by atoms with van der Waals surface area (Å²) in [5.41, 5.74) is 0. The third kappa shape index (κ3) is 1.97. The molecule has 82 valence electrons. The highest BCUT2D eigenvalue weighted by atomic mass is 16.5. The van der Waals surface area contributed by atoms with E-state index in [1.807, 2.05) is 0 Å². The largest absolute Gasteiger partial charge is 0.392 e. The van der Waals surface area contributed by atoms with Crippen molar-refractivity contribution < 1.29 is 14.4 Å². The van der Waals surface area contributed by atoms with Crippen molar-refractivity contribution in [2.24, 2.45) is 0 Å². The first-order chi connectivity index (χ1) is 7.20. The number of carbonyl (C=O) groups is 1. The number of β-amino-alcohol motifs (C(OH)–C–C–N with tert-alkyl or cyclic N) is 1. The van der Waals surface area contributed by atoms with Gasteiger partial charge in [-0.1, -0.05) is 5.16 Å². The van der Waals surface area contributed by atoms with Gasteiger partial charge in [0.05, 0.1) is 12.1 Å². The lowest BCUT2D eigenvalue weighted by Gasteiger charge is -2.01. The normalized spacial score (nSPS) is 25.5. The second-order valence-electron chi connectivity index (χ2n) is 3.39. The van der Waals surface area contributed by atoms with Crippen LogP contribution in [0.4, 0.5) is 0 Å². The molecule has 2 rings (SSSR count). The topological polar surface area (TPSA) is 100 Å². The molecule has 0 bridgehead atoms. The maximum atomic E-state index is 11.1. The van der Waals surface area contributed by atoms with Crippen molar-refractivity contribution in [1.29, 1.82) is 0 Å². The third-order valence-corrected chi connectivity index (χ3v) is 2.28. The minimum Gasteiger partial charge on any atom is -0.392 e. The zero-order valence-electron chi connectivity index (χ0n) is 8.23. The molecule has 1 saturated heterocycles. The van der Waals surface area contributed by atoms with Crippen LogP contribution in [0.1, 0.15) is 29.0 Å². The van der Waals surface area contributed by atoms with Crippen LogP contribution in [0.15, 0.2) is 4.52 Å². The second-order valence-corrected chi connectivity index (χ2v) is 3.39. The molecule has 7 nitrogen and oxygen atoms in total. The van der Waals surface area contributed by atoms with Gasteiger partial charge in [0, 0.05) is 13.6 Å². The number of nitrogens with one attached hydrogen (secondary N) is 2. The molecule has 3 N–H and O–H groups in total. The van der Waals surface area contributed by atoms with Crippen LogP contribution >= 0.6 is 0 Å². The fourth-order valence-corrected chi connectivity index (χ4v) is 1.49. The quantitative estimate of drug-likeness (QED) is 0.571. The number of aliphatic hydroxyl groups is 1. The molecule has 1 aliphatic rings. The maximum Gasteiger partial charge on any atom is 0.292 e. The molecular formula is C8H12N4O3. The molecule has 7 heteroatoms. The average Bonchev–Trinajstić information content (AvgIpc) is 2.84. The summed E-state index contributed by atoms with van der Waals surface area (Å²) >= 11 is 0. The lowest BCUT2D eigenvalue weighted by molar-refractivity contribution is 0.0950. The van der Waals surface area contributed by atoms with Gasteiger partial charge in [-0.3, -0.25) is 4.79 Å². The van der Waals surface area contributed by atoms with Crippen LogP contribution in [-0.4, -0.2) is 40.9 Å². The first-order valence-corrected chi connectivity index (χ1v) is 4.68. The van der Waals surface area contributed by atoms with E-state index < -0.39 is 6.10 Å². The highest BCUT2D eigenvalue weighted by molar-refractivity contribution is 5.89. The summed E-state index contributed by atoms with van der Waals surface area (Å²) in [6.07, 6.45) is 0.125. The van der Waals surface area contributed by atoms with E-state index in [9.17, 15) is 9.90 Å². The molecule has 1 aliphatic heterocycles. The Kier molecular flexibility index (Phi) is 2.65. The Balaban J connectivity index is 2.10. The number of aliphatic hydroxyl groups excluding tert-OH is 1. The predicted octanol–water partition coefficient (Wildman–Crippen LogP) is -1.18. The van der Waals surface area contributed by atoms with E-state index in [2.05, 4.69) is 20.8 Å². The number of hydrogen-bond acceptors (Lipinski definition) is 6. The maximum absolute atomic E-state index is 11.1. The molecule has 2 atom stereocenters. The number of nitrogens with zero attached hydrogens (tertiary/aromatic N) is 2. The Bertz CT molecular complexity index is 365. The summed E-state index contributed by atoms with van der Waals surface area (Å²) in [6, 6.07) is -0.161. The third-order valence-electron chi connectivity index (χ3n) is 2.28. The van der Waals surface area contributed by atoms with Crippen molar-refractivity contribution in [1.82, 2.24) is 20.8 Å². The fourth-order valence-electron chi connectivity index (χ4n) is 1.49. The molecule has 1 amide bonds. The van der Waals surface area contributed by atoms with Gasteiger partial charge in [-0.05, 0) is 6.42 Å². The van der Waals surface area contributed by atoms with Crippen molar-refractivity contribution in [2.75, 3.05) is 13.6 Å². The monoisotopic (exact) mass is 212 g/mol. The smallest absolute Gasteiger partial charge is 0.292 e. The van der Waals surface area contributed by atoms with E-state index in [-0.39, 0.29) is 17.8 Å². The number of hydrogen-bond donors (Lipinski definition) is 3. The molecule has 2 unspecified atom stereocenters. The van der Waals surface area contributed by atoms with Gasteiger partial charge >= 0.3 is 0 Å². The van der Waals surface area contributed by atoms with Crippen molar-refractivity contribution in [3.05, 3.63) is 11.7 Å². The molecular weight excluding hydrogens is 200 g/mol. The summed E-state index contributed by atoms with van der Waals surface area (Å²) in [4.78, 5) is 15.1. The Morgan fingerprint density at radius 3 is 3.13 bits per heavy atom. The van der Waals surface area contributed by atoms with Gasteiger partial charge in [0.15, 0.2) is 0 Å². The zero-order chi connectivity index (χ0) is 10.8. The molecule has 2 heterocycles. The summed E-state index contributed by atoms with van der Waals surface area (Å²) in [7, 11) is 1.50. The van der Waals surface area contributed by atoms with Gasteiger partial charge in [-0.15, -0.1) is 0 Å². The summed E-state index contributed by atoms with van der Waals surface area (Å²) in [5.74, 6) is -0.0376. The van der Waals surface area contributed by atoms with E-state index in [4.69, 9.17) is 4.52 Å². The van der Waals surface area contributed by atoms with Gasteiger partial charge in [-0.25, -0.2) is 0 Å². The zero-order valence-corrected chi connectivity index (χ0v) is 8.23. The van der Waals surface area contributed by atoms with Gasteiger partial charge in [0.1, 0.15) is 0 Å². The van der Waals surface area contributed by atoms with Crippen LogP contribution in [0, 0.1) is 0 Å². The van der Waals surface area contributed by atoms with Crippen LogP contribution in [0.3, 0.4) is 0 Å². The van der Waals surface area contributed by atoms with Gasteiger partial charge < -0.3 is 20.3 Å².